The summed E-state index contributed by atoms with van der Waals surface area (Å²) in [7, 11) is -2.50. The van der Waals surface area contributed by atoms with Crippen LogP contribution in [0.25, 0.3) is 0 Å². The molecule has 5 nitrogen and oxygen atoms in total. The van der Waals surface area contributed by atoms with Crippen molar-refractivity contribution in [3.8, 4) is 0 Å². The van der Waals surface area contributed by atoms with Crippen LogP contribution in [0.1, 0.15) is 142 Å². The zero-order chi connectivity index (χ0) is 23.9. The van der Waals surface area contributed by atoms with E-state index in [9.17, 15) is 17.8 Å². The first-order valence-electron chi connectivity index (χ1n) is 13.5. The van der Waals surface area contributed by atoms with Gasteiger partial charge in [-0.3, -0.25) is 4.79 Å². The van der Waals surface area contributed by atoms with Crippen LogP contribution in [0.2, 0.25) is 0 Å². The van der Waals surface area contributed by atoms with Crippen molar-refractivity contribution in [1.29, 1.82) is 0 Å². The topological polar surface area (TPSA) is 77.5 Å². The Bertz CT molecular complexity index is 528. The van der Waals surface area contributed by atoms with Gasteiger partial charge in [0.2, 0.25) is 5.91 Å². The molecule has 0 bridgehead atoms. The van der Waals surface area contributed by atoms with Gasteiger partial charge in [-0.25, -0.2) is 8.42 Å². The average Bonchev–Trinajstić information content (AvgIpc) is 2.74. The minimum Gasteiger partial charge on any atom is -0.748 e. The number of carbonyl (C=O) groups excluding carboxylic acids is 1. The normalized spacial score (nSPS) is 11.4. The zero-order valence-electron chi connectivity index (χ0n) is 22.3. The summed E-state index contributed by atoms with van der Waals surface area (Å²) in [5, 5.41) is 0. The monoisotopic (exact) mass is 513 g/mol. The van der Waals surface area contributed by atoms with Crippen molar-refractivity contribution in [1.82, 2.24) is 4.90 Å². The second-order valence-electron chi connectivity index (χ2n) is 9.54. The molecule has 0 spiro atoms. The van der Waals surface area contributed by atoms with Gasteiger partial charge in [0, 0.05) is 25.8 Å². The number of nitrogens with zero attached hydrogens (tertiary/aromatic N) is 1. The molecule has 0 unspecified atom stereocenters. The van der Waals surface area contributed by atoms with Gasteiger partial charge in [-0.05, 0) is 12.8 Å². The van der Waals surface area contributed by atoms with Crippen LogP contribution in [-0.2, 0) is 14.9 Å². The van der Waals surface area contributed by atoms with Crippen LogP contribution in [0, 0.1) is 0 Å². The fraction of sp³-hybridized carbons (Fsp3) is 0.962. The van der Waals surface area contributed by atoms with Gasteiger partial charge in [0.25, 0.3) is 0 Å². The second kappa shape index (κ2) is 26.1. The second-order valence-corrected chi connectivity index (χ2v) is 11.1. The molecule has 33 heavy (non-hydrogen) atoms. The summed E-state index contributed by atoms with van der Waals surface area (Å²) in [5.41, 5.74) is 0. The third-order valence-corrected chi connectivity index (χ3v) is 7.10. The Hall–Kier alpha value is 1.02. The predicted molar refractivity (Wildman–Crippen MR) is 135 cm³/mol. The van der Waals surface area contributed by atoms with Gasteiger partial charge in [-0.2, -0.15) is 0 Å². The molecule has 0 saturated carbocycles. The van der Waals surface area contributed by atoms with Crippen molar-refractivity contribution in [2.75, 3.05) is 19.3 Å². The van der Waals surface area contributed by atoms with Crippen molar-refractivity contribution in [2.24, 2.45) is 0 Å². The third kappa shape index (κ3) is 29.1. The predicted octanol–water partition coefficient (Wildman–Crippen LogP) is 4.21. The summed E-state index contributed by atoms with van der Waals surface area (Å²) < 4.78 is 31.8. The average molecular weight is 514 g/mol. The molecule has 0 atom stereocenters. The molecule has 0 heterocycles. The van der Waals surface area contributed by atoms with Crippen LogP contribution in [0.4, 0.5) is 0 Å². The fourth-order valence-corrected chi connectivity index (χ4v) is 4.63. The van der Waals surface area contributed by atoms with E-state index in [4.69, 9.17) is 0 Å². The Morgan fingerprint density at radius 2 is 0.970 bits per heavy atom. The van der Waals surface area contributed by atoms with Crippen LogP contribution in [0.3, 0.4) is 0 Å². The van der Waals surface area contributed by atoms with Gasteiger partial charge in [0.1, 0.15) is 0 Å². The number of carbonyl (C=O) groups is 1. The smallest absolute Gasteiger partial charge is 0.748 e. The summed E-state index contributed by atoms with van der Waals surface area (Å²) in [4.78, 5) is 13.5. The van der Waals surface area contributed by atoms with Gasteiger partial charge >= 0.3 is 51.4 Å². The van der Waals surface area contributed by atoms with E-state index in [-0.39, 0.29) is 63.7 Å². The number of hydrogen-bond donors (Lipinski definition) is 0. The molecule has 0 aliphatic rings. The third-order valence-electron chi connectivity index (χ3n) is 6.31. The Kier molecular flexibility index (Phi) is 28.6. The first kappa shape index (κ1) is 36.2. The Labute approximate surface area is 248 Å². The molecular weight excluding hydrogens is 461 g/mol. The van der Waals surface area contributed by atoms with Crippen LogP contribution >= 0.6 is 0 Å². The summed E-state index contributed by atoms with van der Waals surface area (Å²) in [5.74, 6) is -0.357. The number of rotatable bonds is 24. The molecular formula is C26H52KNO4S. The van der Waals surface area contributed by atoms with E-state index in [0.717, 1.165) is 12.8 Å². The Balaban J connectivity index is 0. The summed E-state index contributed by atoms with van der Waals surface area (Å²) in [6.07, 6.45) is 26.1. The zero-order valence-corrected chi connectivity index (χ0v) is 26.2. The van der Waals surface area contributed by atoms with E-state index >= 15 is 0 Å². The standard InChI is InChI=1S/C26H53NO4S.K/c1-3-4-5-6-7-8-9-10-11-12-13-14-15-16-17-18-19-20-21-23-26(28)27(2)24-22-25-32(29,30)31;/h3-25H2,1-2H3,(H,29,30,31);/q;+1/p-1. The van der Waals surface area contributed by atoms with E-state index in [0.29, 0.717) is 13.0 Å². The van der Waals surface area contributed by atoms with Crippen LogP contribution in [-0.4, -0.2) is 43.1 Å². The summed E-state index contributed by atoms with van der Waals surface area (Å²) in [6, 6.07) is 0. The minimum absolute atomic E-state index is 0. The molecule has 0 N–H and O–H groups in total. The molecule has 0 saturated heterocycles. The van der Waals surface area contributed by atoms with Gasteiger partial charge in [0.15, 0.2) is 0 Å². The molecule has 0 rings (SSSR count). The molecule has 0 aliphatic carbocycles. The Morgan fingerprint density at radius 3 is 1.30 bits per heavy atom. The minimum atomic E-state index is -4.18. The maximum atomic E-state index is 12.0. The first-order valence-corrected chi connectivity index (χ1v) is 15.1. The maximum Gasteiger partial charge on any atom is 1.00 e. The van der Waals surface area contributed by atoms with Crippen molar-refractivity contribution in [3.05, 3.63) is 0 Å². The van der Waals surface area contributed by atoms with Crippen molar-refractivity contribution >= 4 is 16.0 Å². The number of hydrogen-bond acceptors (Lipinski definition) is 4. The van der Waals surface area contributed by atoms with Crippen molar-refractivity contribution in [3.63, 3.8) is 0 Å². The van der Waals surface area contributed by atoms with E-state index in [2.05, 4.69) is 6.92 Å². The quantitative estimate of drug-likeness (QED) is 0.110. The molecule has 0 aromatic heterocycles. The first-order chi connectivity index (χ1) is 15.4. The fourth-order valence-electron chi connectivity index (χ4n) is 4.15. The molecule has 0 radical (unpaired) electrons. The molecule has 0 fully saturated rings. The van der Waals surface area contributed by atoms with Crippen LogP contribution < -0.4 is 51.4 Å². The largest absolute Gasteiger partial charge is 1.00 e. The van der Waals surface area contributed by atoms with Crippen LogP contribution in [0.5, 0.6) is 0 Å². The molecule has 0 aliphatic heterocycles. The van der Waals surface area contributed by atoms with Gasteiger partial charge in [-0.1, -0.05) is 122 Å². The number of amides is 1. The van der Waals surface area contributed by atoms with E-state index in [1.807, 2.05) is 0 Å². The van der Waals surface area contributed by atoms with Crippen LogP contribution in [0.15, 0.2) is 0 Å². The van der Waals surface area contributed by atoms with Gasteiger partial charge < -0.3 is 9.45 Å². The maximum absolute atomic E-state index is 12.0. The van der Waals surface area contributed by atoms with E-state index in [1.54, 1.807) is 11.9 Å². The molecule has 1 amide bonds. The van der Waals surface area contributed by atoms with Gasteiger partial charge in [-0.15, -0.1) is 0 Å². The summed E-state index contributed by atoms with van der Waals surface area (Å²) >= 11 is 0. The SMILES string of the molecule is CCCCCCCCCCCCCCCCCCCCCC(=O)N(C)CCCS(=O)(=O)[O-].[K+]. The van der Waals surface area contributed by atoms with Crippen molar-refractivity contribution in [2.45, 2.75) is 142 Å². The van der Waals surface area contributed by atoms with Crippen molar-refractivity contribution < 1.29 is 69.1 Å². The Morgan fingerprint density at radius 1 is 0.636 bits per heavy atom. The number of unbranched alkanes of at least 4 members (excludes halogenated alkanes) is 18. The molecule has 7 heteroatoms. The van der Waals surface area contributed by atoms with E-state index < -0.39 is 15.9 Å². The molecule has 0 aromatic rings. The molecule has 0 aromatic carbocycles. The van der Waals surface area contributed by atoms with E-state index in [1.165, 1.54) is 109 Å². The summed E-state index contributed by atoms with van der Waals surface area (Å²) in [6.45, 7) is 2.61. The van der Waals surface area contributed by atoms with Gasteiger partial charge in [0.05, 0.1) is 10.1 Å². The molecule has 192 valence electrons.